The van der Waals surface area contributed by atoms with Crippen LogP contribution in [0, 0.1) is 0 Å². The van der Waals surface area contributed by atoms with Gasteiger partial charge in [-0.25, -0.2) is 4.98 Å². The molecule has 1 aromatic rings. The van der Waals surface area contributed by atoms with Gasteiger partial charge < -0.3 is 15.1 Å². The van der Waals surface area contributed by atoms with Gasteiger partial charge in [0, 0.05) is 32.7 Å². The van der Waals surface area contributed by atoms with Gasteiger partial charge in [0.25, 0.3) is 0 Å². The van der Waals surface area contributed by atoms with Gasteiger partial charge in [-0.3, -0.25) is 4.98 Å². The van der Waals surface area contributed by atoms with Crippen LogP contribution in [0.1, 0.15) is 6.92 Å². The van der Waals surface area contributed by atoms with Crippen LogP contribution in [0.4, 0.5) is 11.6 Å². The van der Waals surface area contributed by atoms with Crippen molar-refractivity contribution in [3.8, 4) is 0 Å². The highest BCUT2D eigenvalue weighted by atomic mass is 15.3. The Morgan fingerprint density at radius 2 is 2.19 bits per heavy atom. The molecule has 0 bridgehead atoms. The molecule has 0 saturated carbocycles. The van der Waals surface area contributed by atoms with E-state index in [1.807, 2.05) is 13.2 Å². The zero-order valence-corrected chi connectivity index (χ0v) is 10.1. The van der Waals surface area contributed by atoms with Crippen molar-refractivity contribution in [1.29, 1.82) is 0 Å². The Morgan fingerprint density at radius 1 is 1.38 bits per heavy atom. The van der Waals surface area contributed by atoms with Gasteiger partial charge >= 0.3 is 0 Å². The number of anilines is 2. The van der Waals surface area contributed by atoms with Crippen molar-refractivity contribution in [1.82, 2.24) is 14.9 Å². The van der Waals surface area contributed by atoms with Crippen molar-refractivity contribution in [3.05, 3.63) is 12.4 Å². The summed E-state index contributed by atoms with van der Waals surface area (Å²) in [6.07, 6.45) is 3.58. The summed E-state index contributed by atoms with van der Waals surface area (Å²) in [5, 5.41) is 3.02. The molecular weight excluding hydrogens is 202 g/mol. The van der Waals surface area contributed by atoms with E-state index >= 15 is 0 Å². The molecule has 1 saturated heterocycles. The van der Waals surface area contributed by atoms with Crippen LogP contribution in [-0.2, 0) is 0 Å². The first-order chi connectivity index (χ1) is 7.70. The minimum absolute atomic E-state index is 0.486. The van der Waals surface area contributed by atoms with E-state index in [1.54, 1.807) is 6.20 Å². The molecule has 88 valence electrons. The summed E-state index contributed by atoms with van der Waals surface area (Å²) in [5.41, 5.74) is 0. The quantitative estimate of drug-likeness (QED) is 0.794. The average molecular weight is 221 g/mol. The Hall–Kier alpha value is -1.36. The highest BCUT2D eigenvalue weighted by molar-refractivity contribution is 5.44. The van der Waals surface area contributed by atoms with Crippen molar-refractivity contribution < 1.29 is 0 Å². The minimum atomic E-state index is 0.486. The smallest absolute Gasteiger partial charge is 0.149 e. The van der Waals surface area contributed by atoms with Gasteiger partial charge in [0.15, 0.2) is 0 Å². The molecule has 1 fully saturated rings. The summed E-state index contributed by atoms with van der Waals surface area (Å²) in [5.74, 6) is 1.79. The third-order valence-electron chi connectivity index (χ3n) is 3.00. The lowest BCUT2D eigenvalue weighted by Crippen LogP contribution is -2.50. The second kappa shape index (κ2) is 4.65. The van der Waals surface area contributed by atoms with Crippen molar-refractivity contribution in [2.24, 2.45) is 0 Å². The van der Waals surface area contributed by atoms with E-state index in [9.17, 15) is 0 Å². The van der Waals surface area contributed by atoms with Crippen LogP contribution in [-0.4, -0.2) is 54.6 Å². The Morgan fingerprint density at radius 3 is 2.88 bits per heavy atom. The lowest BCUT2D eigenvalue weighted by molar-refractivity contribution is 0.274. The largest absolute Gasteiger partial charge is 0.372 e. The van der Waals surface area contributed by atoms with Gasteiger partial charge in [-0.15, -0.1) is 0 Å². The van der Waals surface area contributed by atoms with E-state index in [4.69, 9.17) is 0 Å². The first-order valence-corrected chi connectivity index (χ1v) is 5.65. The molecule has 0 aliphatic carbocycles. The maximum absolute atomic E-state index is 4.52. The molecule has 1 aliphatic heterocycles. The summed E-state index contributed by atoms with van der Waals surface area (Å²) >= 11 is 0. The number of piperazine rings is 1. The molecule has 0 amide bonds. The highest BCUT2D eigenvalue weighted by Gasteiger charge is 2.22. The van der Waals surface area contributed by atoms with E-state index in [-0.39, 0.29) is 0 Å². The van der Waals surface area contributed by atoms with Gasteiger partial charge in [-0.2, -0.15) is 0 Å². The number of hydrogen-bond donors (Lipinski definition) is 1. The van der Waals surface area contributed by atoms with Gasteiger partial charge in [0.2, 0.25) is 0 Å². The molecule has 1 unspecified atom stereocenters. The first-order valence-electron chi connectivity index (χ1n) is 5.65. The first kappa shape index (κ1) is 11.1. The van der Waals surface area contributed by atoms with E-state index < -0.39 is 0 Å². The van der Waals surface area contributed by atoms with E-state index in [0.29, 0.717) is 6.04 Å². The summed E-state index contributed by atoms with van der Waals surface area (Å²) in [4.78, 5) is 13.4. The van der Waals surface area contributed by atoms with E-state index in [0.717, 1.165) is 31.3 Å². The Balaban J connectivity index is 2.16. The van der Waals surface area contributed by atoms with Crippen molar-refractivity contribution in [3.63, 3.8) is 0 Å². The standard InChI is InChI=1S/C11H19N5/c1-9-8-15(3)4-5-16(9)11-7-13-6-10(12-2)14-11/h6-7,9H,4-5,8H2,1-3H3,(H,12,14). The predicted molar refractivity (Wildman–Crippen MR) is 65.9 cm³/mol. The zero-order valence-electron chi connectivity index (χ0n) is 10.1. The van der Waals surface area contributed by atoms with Gasteiger partial charge in [0.05, 0.1) is 12.4 Å². The number of rotatable bonds is 2. The van der Waals surface area contributed by atoms with Crippen LogP contribution in [0.15, 0.2) is 12.4 Å². The van der Waals surface area contributed by atoms with Crippen LogP contribution >= 0.6 is 0 Å². The number of hydrogen-bond acceptors (Lipinski definition) is 5. The van der Waals surface area contributed by atoms with Crippen LogP contribution in [0.5, 0.6) is 0 Å². The van der Waals surface area contributed by atoms with Gasteiger partial charge in [0.1, 0.15) is 11.6 Å². The second-order valence-electron chi connectivity index (χ2n) is 4.32. The number of nitrogens with zero attached hydrogens (tertiary/aromatic N) is 4. The normalized spacial score (nSPS) is 22.2. The van der Waals surface area contributed by atoms with Gasteiger partial charge in [-0.05, 0) is 14.0 Å². The monoisotopic (exact) mass is 221 g/mol. The fourth-order valence-corrected chi connectivity index (χ4v) is 2.09. The number of nitrogens with one attached hydrogen (secondary N) is 1. The molecule has 5 heteroatoms. The lowest BCUT2D eigenvalue weighted by atomic mass is 10.2. The average Bonchev–Trinajstić information content (AvgIpc) is 2.29. The molecule has 2 rings (SSSR count). The molecule has 5 nitrogen and oxygen atoms in total. The fraction of sp³-hybridized carbons (Fsp3) is 0.636. The second-order valence-corrected chi connectivity index (χ2v) is 4.32. The topological polar surface area (TPSA) is 44.3 Å². The summed E-state index contributed by atoms with van der Waals surface area (Å²) < 4.78 is 0. The molecule has 0 radical (unpaired) electrons. The van der Waals surface area contributed by atoms with Crippen molar-refractivity contribution in [2.75, 3.05) is 43.9 Å². The predicted octanol–water partition coefficient (Wildman–Crippen LogP) is 0.659. The maximum atomic E-state index is 4.52. The summed E-state index contributed by atoms with van der Waals surface area (Å²) in [6.45, 7) is 5.39. The zero-order chi connectivity index (χ0) is 11.5. The van der Waals surface area contributed by atoms with E-state index in [1.165, 1.54) is 0 Å². The van der Waals surface area contributed by atoms with Crippen LogP contribution in [0.25, 0.3) is 0 Å². The molecule has 1 N–H and O–H groups in total. The third-order valence-corrected chi connectivity index (χ3v) is 3.00. The summed E-state index contributed by atoms with van der Waals surface area (Å²) in [7, 11) is 4.02. The molecule has 1 atom stereocenters. The summed E-state index contributed by atoms with van der Waals surface area (Å²) in [6, 6.07) is 0.486. The van der Waals surface area contributed by atoms with E-state index in [2.05, 4.69) is 39.1 Å². The van der Waals surface area contributed by atoms with Crippen LogP contribution in [0.3, 0.4) is 0 Å². The molecule has 1 aliphatic rings. The molecule has 0 aromatic carbocycles. The maximum Gasteiger partial charge on any atom is 0.149 e. The molecule has 16 heavy (non-hydrogen) atoms. The number of aromatic nitrogens is 2. The van der Waals surface area contributed by atoms with Crippen LogP contribution < -0.4 is 10.2 Å². The Labute approximate surface area is 96.5 Å². The van der Waals surface area contributed by atoms with Crippen LogP contribution in [0.2, 0.25) is 0 Å². The third kappa shape index (κ3) is 2.24. The van der Waals surface area contributed by atoms with Crippen molar-refractivity contribution >= 4 is 11.6 Å². The lowest BCUT2D eigenvalue weighted by Gasteiger charge is -2.38. The number of likely N-dealkylation sites (N-methyl/N-ethyl adjacent to an activating group) is 1. The fourth-order valence-electron chi connectivity index (χ4n) is 2.09. The Kier molecular flexibility index (Phi) is 3.24. The minimum Gasteiger partial charge on any atom is -0.372 e. The molecular formula is C11H19N5. The Bertz CT molecular complexity index is 354. The molecule has 1 aromatic heterocycles. The van der Waals surface area contributed by atoms with Gasteiger partial charge in [-0.1, -0.05) is 0 Å². The van der Waals surface area contributed by atoms with Crippen molar-refractivity contribution in [2.45, 2.75) is 13.0 Å². The molecule has 2 heterocycles. The SMILES string of the molecule is CNc1cncc(N2CCN(C)CC2C)n1. The molecule has 0 spiro atoms. The highest BCUT2D eigenvalue weighted by Crippen LogP contribution is 2.18.